The second-order valence-corrected chi connectivity index (χ2v) is 5.32. The van der Waals surface area contributed by atoms with Gasteiger partial charge in [0.05, 0.1) is 0 Å². The third-order valence-electron chi connectivity index (χ3n) is 2.77. The summed E-state index contributed by atoms with van der Waals surface area (Å²) in [5.41, 5.74) is 2.27. The molecule has 0 radical (unpaired) electrons. The zero-order valence-electron chi connectivity index (χ0n) is 12.1. The van der Waals surface area contributed by atoms with E-state index in [1.54, 1.807) is 11.8 Å². The standard InChI is InChI=1S/C15H20N4S/c1-4-9-16-13-10-14(19-15(18-13)20-3)17-12-7-5-11(2)6-8-12/h5-8,10H,4,9H2,1-3H3,(H2,16,17,18,19). The summed E-state index contributed by atoms with van der Waals surface area (Å²) in [7, 11) is 0. The molecule has 0 aliphatic rings. The van der Waals surface area contributed by atoms with Crippen LogP contribution in [0.15, 0.2) is 35.5 Å². The van der Waals surface area contributed by atoms with Crippen LogP contribution in [-0.4, -0.2) is 22.8 Å². The summed E-state index contributed by atoms with van der Waals surface area (Å²) >= 11 is 1.54. The lowest BCUT2D eigenvalue weighted by atomic mass is 10.2. The van der Waals surface area contributed by atoms with Crippen LogP contribution in [0, 0.1) is 6.92 Å². The number of thioether (sulfide) groups is 1. The van der Waals surface area contributed by atoms with E-state index < -0.39 is 0 Å². The monoisotopic (exact) mass is 288 g/mol. The number of rotatable bonds is 6. The Balaban J connectivity index is 2.19. The van der Waals surface area contributed by atoms with Gasteiger partial charge in [-0.1, -0.05) is 36.4 Å². The maximum Gasteiger partial charge on any atom is 0.191 e. The minimum atomic E-state index is 0.765. The second kappa shape index (κ2) is 7.14. The van der Waals surface area contributed by atoms with Gasteiger partial charge in [-0.05, 0) is 31.7 Å². The Kier molecular flexibility index (Phi) is 5.24. The van der Waals surface area contributed by atoms with Crippen LogP contribution >= 0.6 is 11.8 Å². The molecule has 106 valence electrons. The first kappa shape index (κ1) is 14.7. The van der Waals surface area contributed by atoms with Crippen molar-refractivity contribution in [3.05, 3.63) is 35.9 Å². The molecular formula is C15H20N4S. The first-order valence-electron chi connectivity index (χ1n) is 6.72. The van der Waals surface area contributed by atoms with E-state index in [0.717, 1.165) is 35.4 Å². The van der Waals surface area contributed by atoms with Gasteiger partial charge in [0.2, 0.25) is 0 Å². The molecule has 2 N–H and O–H groups in total. The summed E-state index contributed by atoms with van der Waals surface area (Å²) in [5.74, 6) is 1.67. The van der Waals surface area contributed by atoms with E-state index in [0.29, 0.717) is 0 Å². The van der Waals surface area contributed by atoms with Crippen LogP contribution in [0.2, 0.25) is 0 Å². The molecule has 4 nitrogen and oxygen atoms in total. The van der Waals surface area contributed by atoms with E-state index >= 15 is 0 Å². The van der Waals surface area contributed by atoms with Crippen molar-refractivity contribution in [1.82, 2.24) is 9.97 Å². The van der Waals surface area contributed by atoms with Crippen LogP contribution in [0.1, 0.15) is 18.9 Å². The Hall–Kier alpha value is -1.75. The lowest BCUT2D eigenvalue weighted by molar-refractivity contribution is 0.929. The molecule has 0 bridgehead atoms. The molecule has 0 fully saturated rings. The number of hydrogen-bond acceptors (Lipinski definition) is 5. The molecule has 0 aliphatic heterocycles. The van der Waals surface area contributed by atoms with Gasteiger partial charge in [-0.25, -0.2) is 9.97 Å². The van der Waals surface area contributed by atoms with Crippen LogP contribution in [0.25, 0.3) is 0 Å². The Morgan fingerprint density at radius 2 is 1.80 bits per heavy atom. The topological polar surface area (TPSA) is 49.8 Å². The first-order chi connectivity index (χ1) is 9.71. The van der Waals surface area contributed by atoms with Gasteiger partial charge in [-0.2, -0.15) is 0 Å². The number of nitrogens with one attached hydrogen (secondary N) is 2. The third-order valence-corrected chi connectivity index (χ3v) is 3.32. The van der Waals surface area contributed by atoms with Crippen molar-refractivity contribution in [3.63, 3.8) is 0 Å². The zero-order valence-corrected chi connectivity index (χ0v) is 12.9. The fourth-order valence-electron chi connectivity index (χ4n) is 1.71. The van der Waals surface area contributed by atoms with Gasteiger partial charge in [0, 0.05) is 18.3 Å². The van der Waals surface area contributed by atoms with Gasteiger partial charge in [0.1, 0.15) is 11.6 Å². The Morgan fingerprint density at radius 1 is 1.10 bits per heavy atom. The van der Waals surface area contributed by atoms with E-state index in [2.05, 4.69) is 58.7 Å². The highest BCUT2D eigenvalue weighted by molar-refractivity contribution is 7.98. The molecule has 0 saturated heterocycles. The molecule has 1 aromatic carbocycles. The molecule has 2 aromatic rings. The molecule has 1 aromatic heterocycles. The molecule has 0 saturated carbocycles. The van der Waals surface area contributed by atoms with Crippen molar-refractivity contribution >= 4 is 29.1 Å². The SMILES string of the molecule is CCCNc1cc(Nc2ccc(C)cc2)nc(SC)n1. The van der Waals surface area contributed by atoms with E-state index in [4.69, 9.17) is 0 Å². The van der Waals surface area contributed by atoms with Crippen molar-refractivity contribution in [1.29, 1.82) is 0 Å². The summed E-state index contributed by atoms with van der Waals surface area (Å²) in [6, 6.07) is 10.2. The number of hydrogen-bond donors (Lipinski definition) is 2. The molecule has 5 heteroatoms. The quantitative estimate of drug-likeness (QED) is 0.620. The number of aromatic nitrogens is 2. The number of nitrogens with zero attached hydrogens (tertiary/aromatic N) is 2. The Morgan fingerprint density at radius 3 is 2.45 bits per heavy atom. The fourth-order valence-corrected chi connectivity index (χ4v) is 2.09. The predicted molar refractivity (Wildman–Crippen MR) is 87.1 cm³/mol. The lowest BCUT2D eigenvalue weighted by Gasteiger charge is -2.10. The molecule has 0 spiro atoms. The third kappa shape index (κ3) is 4.13. The Bertz CT molecular complexity index is 554. The van der Waals surface area contributed by atoms with Gasteiger partial charge in [0.15, 0.2) is 5.16 Å². The van der Waals surface area contributed by atoms with Crippen LogP contribution in [-0.2, 0) is 0 Å². The normalized spacial score (nSPS) is 10.3. The highest BCUT2D eigenvalue weighted by Gasteiger charge is 2.04. The number of anilines is 3. The van der Waals surface area contributed by atoms with Gasteiger partial charge >= 0.3 is 0 Å². The van der Waals surface area contributed by atoms with E-state index in [-0.39, 0.29) is 0 Å². The molecule has 0 aliphatic carbocycles. The zero-order chi connectivity index (χ0) is 14.4. The molecule has 0 amide bonds. The maximum atomic E-state index is 4.48. The fraction of sp³-hybridized carbons (Fsp3) is 0.333. The van der Waals surface area contributed by atoms with Crippen molar-refractivity contribution in [2.75, 3.05) is 23.4 Å². The maximum absolute atomic E-state index is 4.48. The lowest BCUT2D eigenvalue weighted by Crippen LogP contribution is -2.05. The molecular weight excluding hydrogens is 268 g/mol. The van der Waals surface area contributed by atoms with E-state index in [1.807, 2.05) is 12.3 Å². The van der Waals surface area contributed by atoms with Crippen LogP contribution in [0.5, 0.6) is 0 Å². The summed E-state index contributed by atoms with van der Waals surface area (Å²) < 4.78 is 0. The van der Waals surface area contributed by atoms with Crippen LogP contribution < -0.4 is 10.6 Å². The van der Waals surface area contributed by atoms with Gasteiger partial charge in [-0.3, -0.25) is 0 Å². The molecule has 20 heavy (non-hydrogen) atoms. The van der Waals surface area contributed by atoms with Gasteiger partial charge < -0.3 is 10.6 Å². The summed E-state index contributed by atoms with van der Waals surface area (Å²) in [6.07, 6.45) is 3.05. The summed E-state index contributed by atoms with van der Waals surface area (Å²) in [4.78, 5) is 8.92. The largest absolute Gasteiger partial charge is 0.370 e. The number of benzene rings is 1. The second-order valence-electron chi connectivity index (χ2n) is 4.54. The number of aryl methyl sites for hydroxylation is 1. The van der Waals surface area contributed by atoms with E-state index in [1.165, 1.54) is 5.56 Å². The Labute approximate surface area is 124 Å². The minimum Gasteiger partial charge on any atom is -0.370 e. The van der Waals surface area contributed by atoms with Crippen LogP contribution in [0.4, 0.5) is 17.3 Å². The average molecular weight is 288 g/mol. The van der Waals surface area contributed by atoms with Crippen molar-refractivity contribution in [2.24, 2.45) is 0 Å². The predicted octanol–water partition coefficient (Wildman–Crippen LogP) is 4.07. The summed E-state index contributed by atoms with van der Waals surface area (Å²) in [5, 5.41) is 7.38. The molecule has 0 atom stereocenters. The smallest absolute Gasteiger partial charge is 0.191 e. The molecule has 0 unspecified atom stereocenters. The van der Waals surface area contributed by atoms with Gasteiger partial charge in [0.25, 0.3) is 0 Å². The minimum absolute atomic E-state index is 0.765. The van der Waals surface area contributed by atoms with Gasteiger partial charge in [-0.15, -0.1) is 0 Å². The van der Waals surface area contributed by atoms with E-state index in [9.17, 15) is 0 Å². The van der Waals surface area contributed by atoms with Crippen molar-refractivity contribution < 1.29 is 0 Å². The van der Waals surface area contributed by atoms with Crippen molar-refractivity contribution in [2.45, 2.75) is 25.4 Å². The average Bonchev–Trinajstić information content (AvgIpc) is 2.47. The van der Waals surface area contributed by atoms with Crippen LogP contribution in [0.3, 0.4) is 0 Å². The van der Waals surface area contributed by atoms with Crippen molar-refractivity contribution in [3.8, 4) is 0 Å². The highest BCUT2D eigenvalue weighted by Crippen LogP contribution is 2.21. The molecule has 1 heterocycles. The highest BCUT2D eigenvalue weighted by atomic mass is 32.2. The first-order valence-corrected chi connectivity index (χ1v) is 7.94. The summed E-state index contributed by atoms with van der Waals surface area (Å²) in [6.45, 7) is 5.12. The molecule has 2 rings (SSSR count).